The number of hydrogen-bond acceptors (Lipinski definition) is 5. The van der Waals surface area contributed by atoms with E-state index in [1.54, 1.807) is 0 Å². The number of rotatable bonds is 3. The molecule has 23 heavy (non-hydrogen) atoms. The molecule has 5 heteroatoms. The Bertz CT molecular complexity index is 561. The first-order chi connectivity index (χ1) is 11.2. The Kier molecular flexibility index (Phi) is 3.25. The maximum Gasteiger partial charge on any atom is 0.224 e. The van der Waals surface area contributed by atoms with Crippen LogP contribution in [0.15, 0.2) is 12.3 Å². The van der Waals surface area contributed by atoms with Crippen molar-refractivity contribution in [2.75, 3.05) is 23.3 Å². The quantitative estimate of drug-likeness (QED) is 0.896. The number of nitrogens with zero attached hydrogens (tertiary/aromatic N) is 3. The van der Waals surface area contributed by atoms with E-state index < -0.39 is 0 Å². The molecule has 3 N–H and O–H groups in total. The van der Waals surface area contributed by atoms with Crippen LogP contribution in [0.25, 0.3) is 0 Å². The molecule has 2 heterocycles. The fourth-order valence-electron chi connectivity index (χ4n) is 5.90. The van der Waals surface area contributed by atoms with Crippen molar-refractivity contribution >= 4 is 11.8 Å². The van der Waals surface area contributed by atoms with Gasteiger partial charge in [-0.2, -0.15) is 4.98 Å². The highest BCUT2D eigenvalue weighted by Crippen LogP contribution is 2.54. The summed E-state index contributed by atoms with van der Waals surface area (Å²) in [5.41, 5.74) is 6.03. The van der Waals surface area contributed by atoms with Gasteiger partial charge in [0.25, 0.3) is 0 Å². The van der Waals surface area contributed by atoms with Crippen molar-refractivity contribution in [3.8, 4) is 0 Å². The monoisotopic (exact) mass is 313 g/mol. The molecule has 1 atom stereocenters. The van der Waals surface area contributed by atoms with E-state index in [9.17, 15) is 0 Å². The summed E-state index contributed by atoms with van der Waals surface area (Å²) < 4.78 is 0. The number of hydrogen-bond donors (Lipinski definition) is 2. The summed E-state index contributed by atoms with van der Waals surface area (Å²) in [6.07, 6.45) is 10.1. The molecule has 0 unspecified atom stereocenters. The predicted molar refractivity (Wildman–Crippen MR) is 91.3 cm³/mol. The molecule has 0 radical (unpaired) electrons. The molecule has 4 bridgehead atoms. The van der Waals surface area contributed by atoms with E-state index in [4.69, 9.17) is 10.7 Å². The van der Waals surface area contributed by atoms with Crippen LogP contribution >= 0.6 is 0 Å². The third kappa shape index (κ3) is 2.49. The molecule has 6 rings (SSSR count). The molecular weight excluding hydrogens is 286 g/mol. The van der Waals surface area contributed by atoms with Crippen molar-refractivity contribution in [1.82, 2.24) is 9.97 Å². The number of nitrogens with one attached hydrogen (secondary N) is 1. The molecule has 0 aromatic carbocycles. The summed E-state index contributed by atoms with van der Waals surface area (Å²) in [7, 11) is 0. The zero-order valence-electron chi connectivity index (χ0n) is 13.7. The Labute approximate surface area is 138 Å². The average Bonchev–Trinajstić information content (AvgIpc) is 2.97. The molecule has 0 amide bonds. The maximum absolute atomic E-state index is 6.03. The average molecular weight is 313 g/mol. The minimum absolute atomic E-state index is 0.283. The summed E-state index contributed by atoms with van der Waals surface area (Å²) in [5, 5.41) is 3.72. The van der Waals surface area contributed by atoms with Gasteiger partial charge in [0.2, 0.25) is 5.95 Å². The Morgan fingerprint density at radius 1 is 1.09 bits per heavy atom. The lowest BCUT2D eigenvalue weighted by atomic mass is 9.54. The minimum atomic E-state index is 0.283. The molecule has 4 saturated carbocycles. The van der Waals surface area contributed by atoms with Crippen LogP contribution in [0, 0.1) is 23.7 Å². The van der Waals surface area contributed by atoms with E-state index in [0.29, 0.717) is 6.04 Å². The summed E-state index contributed by atoms with van der Waals surface area (Å²) in [4.78, 5) is 11.6. The van der Waals surface area contributed by atoms with Crippen LogP contribution in [0.1, 0.15) is 38.5 Å². The topological polar surface area (TPSA) is 67.1 Å². The van der Waals surface area contributed by atoms with Crippen molar-refractivity contribution < 1.29 is 0 Å². The van der Waals surface area contributed by atoms with Gasteiger partial charge in [-0.05, 0) is 68.3 Å². The van der Waals surface area contributed by atoms with Gasteiger partial charge in [-0.1, -0.05) is 0 Å². The van der Waals surface area contributed by atoms with Gasteiger partial charge < -0.3 is 16.0 Å². The summed E-state index contributed by atoms with van der Waals surface area (Å²) in [6, 6.07) is 2.89. The van der Waals surface area contributed by atoms with Gasteiger partial charge in [-0.15, -0.1) is 0 Å². The number of nitrogens with two attached hydrogens (primary N) is 1. The van der Waals surface area contributed by atoms with Crippen molar-refractivity contribution in [3.63, 3.8) is 0 Å². The summed E-state index contributed by atoms with van der Waals surface area (Å²) in [6.45, 7) is 1.92. The fourth-order valence-corrected chi connectivity index (χ4v) is 5.90. The van der Waals surface area contributed by atoms with Gasteiger partial charge in [0, 0.05) is 31.4 Å². The zero-order valence-corrected chi connectivity index (χ0v) is 13.7. The van der Waals surface area contributed by atoms with Crippen LogP contribution < -0.4 is 16.0 Å². The Hall–Kier alpha value is -1.36. The van der Waals surface area contributed by atoms with E-state index in [1.807, 2.05) is 12.3 Å². The predicted octanol–water partition coefficient (Wildman–Crippen LogP) is 2.25. The van der Waals surface area contributed by atoms with Gasteiger partial charge in [-0.3, -0.25) is 0 Å². The van der Waals surface area contributed by atoms with E-state index in [0.717, 1.165) is 54.9 Å². The molecule has 0 spiro atoms. The van der Waals surface area contributed by atoms with Crippen molar-refractivity contribution in [3.05, 3.63) is 12.3 Å². The van der Waals surface area contributed by atoms with Crippen molar-refractivity contribution in [1.29, 1.82) is 0 Å². The molecule has 1 aromatic heterocycles. The molecule has 5 fully saturated rings. The molecule has 1 aromatic rings. The van der Waals surface area contributed by atoms with E-state index in [-0.39, 0.29) is 6.04 Å². The number of aromatic nitrogens is 2. The van der Waals surface area contributed by atoms with Gasteiger partial charge in [-0.25, -0.2) is 4.98 Å². The lowest BCUT2D eigenvalue weighted by Gasteiger charge is -2.54. The molecule has 1 saturated heterocycles. The lowest BCUT2D eigenvalue weighted by molar-refractivity contribution is 0.00728. The van der Waals surface area contributed by atoms with Gasteiger partial charge >= 0.3 is 0 Å². The molecule has 1 aliphatic heterocycles. The normalized spacial score (nSPS) is 41.5. The van der Waals surface area contributed by atoms with Crippen LogP contribution in [0.4, 0.5) is 11.8 Å². The molecule has 5 nitrogen and oxygen atoms in total. The van der Waals surface area contributed by atoms with Crippen molar-refractivity contribution in [2.24, 2.45) is 29.4 Å². The molecule has 124 valence electrons. The molecular formula is C18H27N5. The standard InChI is InChI=1S/C18H27N5/c19-15-2-4-23(10-15)16-1-3-20-18(21-16)22-17-13-6-11-5-12(8-13)9-14(17)7-11/h1,3,11-15,17H,2,4-10,19H2,(H,20,21,22)/t11-,12-,13-,14?,15+,17+/m0/s1. The summed E-state index contributed by atoms with van der Waals surface area (Å²) in [5.74, 6) is 5.56. The first kappa shape index (κ1) is 14.0. The third-order valence-electron chi connectivity index (χ3n) is 6.71. The Balaban J connectivity index is 1.33. The minimum Gasteiger partial charge on any atom is -0.355 e. The highest BCUT2D eigenvalue weighted by Gasteiger charge is 2.48. The molecule has 5 aliphatic rings. The van der Waals surface area contributed by atoms with Crippen LogP contribution in [-0.2, 0) is 0 Å². The first-order valence-electron chi connectivity index (χ1n) is 9.34. The van der Waals surface area contributed by atoms with Crippen LogP contribution in [0.5, 0.6) is 0 Å². The highest BCUT2D eigenvalue weighted by molar-refractivity contribution is 5.44. The van der Waals surface area contributed by atoms with Crippen LogP contribution in [0.3, 0.4) is 0 Å². The summed E-state index contributed by atoms with van der Waals surface area (Å²) >= 11 is 0. The second-order valence-electron chi connectivity index (χ2n) is 8.33. The van der Waals surface area contributed by atoms with Gasteiger partial charge in [0.05, 0.1) is 0 Å². The molecule has 4 aliphatic carbocycles. The number of anilines is 2. The van der Waals surface area contributed by atoms with Gasteiger partial charge in [0.15, 0.2) is 0 Å². The Morgan fingerprint density at radius 3 is 2.48 bits per heavy atom. The maximum atomic E-state index is 6.03. The highest BCUT2D eigenvalue weighted by atomic mass is 15.3. The lowest BCUT2D eigenvalue weighted by Crippen LogP contribution is -2.51. The van der Waals surface area contributed by atoms with Crippen LogP contribution in [0.2, 0.25) is 0 Å². The zero-order chi connectivity index (χ0) is 15.4. The largest absolute Gasteiger partial charge is 0.355 e. The first-order valence-corrected chi connectivity index (χ1v) is 9.34. The second-order valence-corrected chi connectivity index (χ2v) is 8.33. The van der Waals surface area contributed by atoms with E-state index in [1.165, 1.54) is 32.1 Å². The van der Waals surface area contributed by atoms with E-state index >= 15 is 0 Å². The van der Waals surface area contributed by atoms with Crippen molar-refractivity contribution in [2.45, 2.75) is 50.6 Å². The smallest absolute Gasteiger partial charge is 0.224 e. The second kappa shape index (κ2) is 5.33. The Morgan fingerprint density at radius 2 is 1.83 bits per heavy atom. The SMILES string of the molecule is N[C@@H]1CCN(c2ccnc(N[C@H]3C4C[C@H]5C[C@H](C4)C[C@@H]3C5)n2)C1. The van der Waals surface area contributed by atoms with E-state index in [2.05, 4.69) is 15.2 Å². The van der Waals surface area contributed by atoms with Crippen LogP contribution in [-0.4, -0.2) is 35.1 Å². The van der Waals surface area contributed by atoms with Gasteiger partial charge in [0.1, 0.15) is 5.82 Å². The third-order valence-corrected chi connectivity index (χ3v) is 6.71. The fraction of sp³-hybridized carbons (Fsp3) is 0.778.